The molecule has 1 aromatic rings. The second-order valence-electron chi connectivity index (χ2n) is 11.1. The van der Waals surface area contributed by atoms with Gasteiger partial charge in [0.1, 0.15) is 12.2 Å². The van der Waals surface area contributed by atoms with E-state index in [1.165, 1.54) is 12.8 Å². The van der Waals surface area contributed by atoms with Crippen LogP contribution in [0, 0.1) is 35.5 Å². The Morgan fingerprint density at radius 2 is 1.03 bits per heavy atom. The highest BCUT2D eigenvalue weighted by Gasteiger charge is 2.35. The number of hydrogen-bond donors (Lipinski definition) is 0. The molecule has 3 rings (SSSR count). The van der Waals surface area contributed by atoms with Crippen LogP contribution in [0.3, 0.4) is 0 Å². The summed E-state index contributed by atoms with van der Waals surface area (Å²) >= 11 is 0. The zero-order chi connectivity index (χ0) is 23.4. The van der Waals surface area contributed by atoms with Crippen molar-refractivity contribution in [1.29, 1.82) is 0 Å². The predicted molar refractivity (Wildman–Crippen MR) is 128 cm³/mol. The van der Waals surface area contributed by atoms with Gasteiger partial charge in [-0.05, 0) is 85.5 Å². The van der Waals surface area contributed by atoms with Crippen molar-refractivity contribution in [2.75, 3.05) is 0 Å². The summed E-state index contributed by atoms with van der Waals surface area (Å²) in [6.45, 7) is 13.3. The van der Waals surface area contributed by atoms with E-state index in [0.717, 1.165) is 25.7 Å². The van der Waals surface area contributed by atoms with Crippen molar-refractivity contribution >= 4 is 11.9 Å². The summed E-state index contributed by atoms with van der Waals surface area (Å²) in [7, 11) is 0. The van der Waals surface area contributed by atoms with Gasteiger partial charge in [0.15, 0.2) is 0 Å². The number of benzene rings is 1. The van der Waals surface area contributed by atoms with Gasteiger partial charge in [0.2, 0.25) is 0 Å². The summed E-state index contributed by atoms with van der Waals surface area (Å²) in [5, 5.41) is 0. The van der Waals surface area contributed by atoms with Crippen LogP contribution in [0.4, 0.5) is 0 Å². The summed E-state index contributed by atoms with van der Waals surface area (Å²) in [6, 6.07) is 6.77. The summed E-state index contributed by atoms with van der Waals surface area (Å²) in [6.07, 6.45) is 6.41. The van der Waals surface area contributed by atoms with Crippen LogP contribution in [0.25, 0.3) is 0 Å². The molecule has 6 unspecified atom stereocenters. The summed E-state index contributed by atoms with van der Waals surface area (Å²) in [4.78, 5) is 25.6. The van der Waals surface area contributed by atoms with Crippen LogP contribution in [0.5, 0.6) is 0 Å². The van der Waals surface area contributed by atoms with Gasteiger partial charge < -0.3 is 9.47 Å². The monoisotopic (exact) mass is 442 g/mol. The minimum atomic E-state index is -0.296. The summed E-state index contributed by atoms with van der Waals surface area (Å²) in [5.41, 5.74) is 0.988. The first kappa shape index (κ1) is 24.8. The number of carbonyl (C=O) groups excluding carboxylic acids is 2. The molecule has 32 heavy (non-hydrogen) atoms. The topological polar surface area (TPSA) is 52.6 Å². The van der Waals surface area contributed by atoms with Crippen molar-refractivity contribution in [3.05, 3.63) is 35.4 Å². The van der Waals surface area contributed by atoms with Gasteiger partial charge in [-0.15, -0.1) is 0 Å². The molecule has 178 valence electrons. The molecule has 0 bridgehead atoms. The van der Waals surface area contributed by atoms with Crippen molar-refractivity contribution in [3.8, 4) is 0 Å². The molecule has 2 aliphatic carbocycles. The lowest BCUT2D eigenvalue weighted by molar-refractivity contribution is -0.0185. The fourth-order valence-corrected chi connectivity index (χ4v) is 5.65. The first-order valence-electron chi connectivity index (χ1n) is 12.7. The first-order valence-corrected chi connectivity index (χ1v) is 12.7. The third-order valence-electron chi connectivity index (χ3n) is 7.80. The van der Waals surface area contributed by atoms with Gasteiger partial charge in [-0.2, -0.15) is 0 Å². The highest BCUT2D eigenvalue weighted by molar-refractivity contribution is 5.93. The lowest BCUT2D eigenvalue weighted by atomic mass is 9.75. The molecular weight excluding hydrogens is 400 g/mol. The van der Waals surface area contributed by atoms with Gasteiger partial charge in [0, 0.05) is 0 Å². The molecule has 0 N–H and O–H groups in total. The quantitative estimate of drug-likeness (QED) is 0.449. The third-order valence-corrected chi connectivity index (χ3v) is 7.80. The molecule has 2 aliphatic rings. The fraction of sp³-hybridized carbons (Fsp3) is 0.714. The number of carbonyl (C=O) groups is 2. The molecule has 2 fully saturated rings. The summed E-state index contributed by atoms with van der Waals surface area (Å²) < 4.78 is 11.9. The molecular formula is C28H42O4. The third kappa shape index (κ3) is 6.14. The van der Waals surface area contributed by atoms with E-state index in [-0.39, 0.29) is 24.1 Å². The molecule has 6 atom stereocenters. The highest BCUT2D eigenvalue weighted by Crippen LogP contribution is 2.37. The number of hydrogen-bond acceptors (Lipinski definition) is 4. The molecule has 0 saturated heterocycles. The minimum absolute atomic E-state index is 0.0304. The van der Waals surface area contributed by atoms with E-state index in [0.29, 0.717) is 46.6 Å². The van der Waals surface area contributed by atoms with Crippen molar-refractivity contribution in [2.24, 2.45) is 35.5 Å². The van der Waals surface area contributed by atoms with E-state index in [1.54, 1.807) is 24.3 Å². The maximum atomic E-state index is 12.8. The lowest BCUT2D eigenvalue weighted by Crippen LogP contribution is -2.36. The predicted octanol–water partition coefficient (Wildman–Crippen LogP) is 6.92. The lowest BCUT2D eigenvalue weighted by Gasteiger charge is -2.36. The Morgan fingerprint density at radius 1 is 0.688 bits per heavy atom. The first-order chi connectivity index (χ1) is 15.2. The Labute approximate surface area is 194 Å². The van der Waals surface area contributed by atoms with Gasteiger partial charge in [-0.3, -0.25) is 0 Å². The molecule has 0 spiro atoms. The van der Waals surface area contributed by atoms with Gasteiger partial charge in [-0.25, -0.2) is 9.59 Å². The molecule has 0 amide bonds. The molecule has 0 aromatic heterocycles. The van der Waals surface area contributed by atoms with Gasteiger partial charge in [0.05, 0.1) is 11.1 Å². The molecule has 0 heterocycles. The van der Waals surface area contributed by atoms with E-state index in [4.69, 9.17) is 9.47 Å². The van der Waals surface area contributed by atoms with E-state index in [1.807, 2.05) is 0 Å². The Kier molecular flexibility index (Phi) is 8.41. The Balaban J connectivity index is 1.62. The van der Waals surface area contributed by atoms with E-state index < -0.39 is 0 Å². The van der Waals surface area contributed by atoms with Crippen molar-refractivity contribution < 1.29 is 19.1 Å². The van der Waals surface area contributed by atoms with Crippen molar-refractivity contribution in [2.45, 2.75) is 92.3 Å². The zero-order valence-electron chi connectivity index (χ0n) is 20.8. The maximum absolute atomic E-state index is 12.8. The van der Waals surface area contributed by atoms with Gasteiger partial charge >= 0.3 is 11.9 Å². The number of ether oxygens (including phenoxy) is 2. The van der Waals surface area contributed by atoms with Crippen LogP contribution in [0.15, 0.2) is 24.3 Å². The maximum Gasteiger partial charge on any atom is 0.338 e. The molecule has 0 aliphatic heterocycles. The molecule has 0 radical (unpaired) electrons. The van der Waals surface area contributed by atoms with E-state index >= 15 is 0 Å². The van der Waals surface area contributed by atoms with Crippen LogP contribution < -0.4 is 0 Å². The van der Waals surface area contributed by atoms with Gasteiger partial charge in [0.25, 0.3) is 0 Å². The van der Waals surface area contributed by atoms with Crippen LogP contribution in [-0.2, 0) is 9.47 Å². The Morgan fingerprint density at radius 3 is 1.34 bits per heavy atom. The summed E-state index contributed by atoms with van der Waals surface area (Å²) in [5.74, 6) is 2.39. The van der Waals surface area contributed by atoms with Crippen LogP contribution in [0.2, 0.25) is 0 Å². The SMILES string of the molecule is CC1CCC(C(C)C)C(OC(=O)c2ccc(C(=O)OC3CC(C)CCC3C(C)C)cc2)C1. The highest BCUT2D eigenvalue weighted by atomic mass is 16.5. The van der Waals surface area contributed by atoms with Crippen LogP contribution >= 0.6 is 0 Å². The largest absolute Gasteiger partial charge is 0.458 e. The van der Waals surface area contributed by atoms with Crippen molar-refractivity contribution in [1.82, 2.24) is 0 Å². The fourth-order valence-electron chi connectivity index (χ4n) is 5.65. The van der Waals surface area contributed by atoms with E-state index in [2.05, 4.69) is 41.5 Å². The standard InChI is InChI=1S/C28H42O4/c1-17(2)23-13-7-19(5)15-25(23)31-27(29)21-9-11-22(12-10-21)28(30)32-26-16-20(6)8-14-24(26)18(3)4/h9-12,17-20,23-26H,7-8,13-16H2,1-6H3. The van der Waals surface area contributed by atoms with Crippen molar-refractivity contribution in [3.63, 3.8) is 0 Å². The smallest absolute Gasteiger partial charge is 0.338 e. The average Bonchev–Trinajstić information content (AvgIpc) is 2.73. The number of rotatable bonds is 6. The van der Waals surface area contributed by atoms with E-state index in [9.17, 15) is 9.59 Å². The Hall–Kier alpha value is -1.84. The normalized spacial score (nSPS) is 30.9. The zero-order valence-corrected chi connectivity index (χ0v) is 20.8. The Bertz CT molecular complexity index is 701. The van der Waals surface area contributed by atoms with Gasteiger partial charge in [-0.1, -0.05) is 54.4 Å². The van der Waals surface area contributed by atoms with Crippen LogP contribution in [0.1, 0.15) is 101 Å². The minimum Gasteiger partial charge on any atom is -0.458 e. The number of esters is 2. The molecule has 4 heteroatoms. The molecule has 4 nitrogen and oxygen atoms in total. The average molecular weight is 443 g/mol. The second-order valence-corrected chi connectivity index (χ2v) is 11.1. The molecule has 1 aromatic carbocycles. The van der Waals surface area contributed by atoms with Crippen LogP contribution in [-0.4, -0.2) is 24.1 Å². The second kappa shape index (κ2) is 10.9. The molecule has 2 saturated carbocycles.